The number of carbonyl (C=O) groups excluding carboxylic acids is 1. The molecule has 6 heteroatoms. The molecule has 23 heavy (non-hydrogen) atoms. The van der Waals surface area contributed by atoms with Gasteiger partial charge in [-0.25, -0.2) is 0 Å². The topological polar surface area (TPSA) is 75.5 Å². The first-order valence-corrected chi connectivity index (χ1v) is 7.12. The number of nitrogens with zero attached hydrogens (tertiary/aromatic N) is 2. The molecule has 0 bridgehead atoms. The Labute approximate surface area is 133 Å². The Morgan fingerprint density at radius 3 is 2.61 bits per heavy atom. The minimum atomic E-state index is -0.403. The standard InChI is InChI=1S/C17H15N3O3/c1-19-14-8-5-9-15(20(22)23)13(14)10-11-16(19)18-17(21)12-6-3-2-4-7-12/h2-11,16H,1H3,(H,18,21). The van der Waals surface area contributed by atoms with Crippen LogP contribution in [0.3, 0.4) is 0 Å². The van der Waals surface area contributed by atoms with Crippen LogP contribution in [0, 0.1) is 10.1 Å². The minimum absolute atomic E-state index is 0.0541. The first-order chi connectivity index (χ1) is 11.1. The molecule has 2 aromatic carbocycles. The van der Waals surface area contributed by atoms with Crippen LogP contribution in [0.1, 0.15) is 15.9 Å². The number of amides is 1. The number of rotatable bonds is 3. The number of hydrogen-bond acceptors (Lipinski definition) is 4. The molecule has 0 fully saturated rings. The Kier molecular flexibility index (Phi) is 3.80. The van der Waals surface area contributed by atoms with E-state index in [2.05, 4.69) is 5.32 Å². The predicted octanol–water partition coefficient (Wildman–Crippen LogP) is 2.81. The van der Waals surface area contributed by atoms with Gasteiger partial charge in [0.1, 0.15) is 6.17 Å². The molecule has 0 aromatic heterocycles. The van der Waals surface area contributed by atoms with Gasteiger partial charge in [-0.1, -0.05) is 24.3 Å². The molecule has 2 aromatic rings. The zero-order valence-electron chi connectivity index (χ0n) is 12.5. The van der Waals surface area contributed by atoms with Crippen molar-refractivity contribution in [3.8, 4) is 0 Å². The van der Waals surface area contributed by atoms with Crippen molar-refractivity contribution >= 4 is 23.4 Å². The summed E-state index contributed by atoms with van der Waals surface area (Å²) in [7, 11) is 1.79. The third-order valence-electron chi connectivity index (χ3n) is 3.81. The van der Waals surface area contributed by atoms with Crippen molar-refractivity contribution in [3.05, 3.63) is 75.8 Å². The normalized spacial score (nSPS) is 15.9. The molecular weight excluding hydrogens is 294 g/mol. The Morgan fingerprint density at radius 1 is 1.17 bits per heavy atom. The molecule has 0 saturated heterocycles. The maximum Gasteiger partial charge on any atom is 0.278 e. The van der Waals surface area contributed by atoms with Crippen LogP contribution in [-0.4, -0.2) is 24.0 Å². The Balaban J connectivity index is 1.86. The lowest BCUT2D eigenvalue weighted by Crippen LogP contribution is -2.46. The van der Waals surface area contributed by atoms with E-state index >= 15 is 0 Å². The highest BCUT2D eigenvalue weighted by Crippen LogP contribution is 2.33. The maximum atomic E-state index is 12.3. The molecular formula is C17H15N3O3. The summed E-state index contributed by atoms with van der Waals surface area (Å²) in [6.45, 7) is 0. The molecule has 0 spiro atoms. The number of anilines is 1. The molecule has 3 rings (SSSR count). The number of hydrogen-bond donors (Lipinski definition) is 1. The van der Waals surface area contributed by atoms with Crippen molar-refractivity contribution in [1.82, 2.24) is 5.32 Å². The van der Waals surface area contributed by atoms with Crippen molar-refractivity contribution in [2.45, 2.75) is 6.17 Å². The Morgan fingerprint density at radius 2 is 1.91 bits per heavy atom. The second-order valence-electron chi connectivity index (χ2n) is 5.22. The van der Waals surface area contributed by atoms with Crippen LogP contribution in [0.15, 0.2) is 54.6 Å². The highest BCUT2D eigenvalue weighted by molar-refractivity contribution is 5.95. The molecule has 1 aliphatic rings. The van der Waals surface area contributed by atoms with E-state index in [0.717, 1.165) is 0 Å². The highest BCUT2D eigenvalue weighted by Gasteiger charge is 2.25. The van der Waals surface area contributed by atoms with Gasteiger partial charge >= 0.3 is 0 Å². The predicted molar refractivity (Wildman–Crippen MR) is 88.2 cm³/mol. The van der Waals surface area contributed by atoms with Gasteiger partial charge < -0.3 is 10.2 Å². The van der Waals surface area contributed by atoms with E-state index in [0.29, 0.717) is 16.8 Å². The van der Waals surface area contributed by atoms with Gasteiger partial charge in [0.15, 0.2) is 0 Å². The summed E-state index contributed by atoms with van der Waals surface area (Å²) >= 11 is 0. The third kappa shape index (κ3) is 2.78. The van der Waals surface area contributed by atoms with Crippen molar-refractivity contribution < 1.29 is 9.72 Å². The van der Waals surface area contributed by atoms with Crippen LogP contribution in [0.4, 0.5) is 11.4 Å². The molecule has 0 aliphatic carbocycles. The average Bonchev–Trinajstić information content (AvgIpc) is 2.57. The van der Waals surface area contributed by atoms with Crippen molar-refractivity contribution in [2.24, 2.45) is 0 Å². The van der Waals surface area contributed by atoms with Crippen molar-refractivity contribution in [1.29, 1.82) is 0 Å². The van der Waals surface area contributed by atoms with Gasteiger partial charge in [-0.3, -0.25) is 14.9 Å². The Hall–Kier alpha value is -3.15. The van der Waals surface area contributed by atoms with Crippen molar-refractivity contribution in [2.75, 3.05) is 11.9 Å². The monoisotopic (exact) mass is 309 g/mol. The van der Waals surface area contributed by atoms with E-state index < -0.39 is 4.92 Å². The number of nitrogens with one attached hydrogen (secondary N) is 1. The lowest BCUT2D eigenvalue weighted by atomic mass is 10.0. The van der Waals surface area contributed by atoms with Gasteiger partial charge in [-0.15, -0.1) is 0 Å². The smallest absolute Gasteiger partial charge is 0.278 e. The summed E-state index contributed by atoms with van der Waals surface area (Å²) < 4.78 is 0. The summed E-state index contributed by atoms with van der Waals surface area (Å²) in [5.41, 5.74) is 1.88. The molecule has 1 aliphatic heterocycles. The van der Waals surface area contributed by atoms with Gasteiger partial charge in [-0.05, 0) is 30.4 Å². The lowest BCUT2D eigenvalue weighted by molar-refractivity contribution is -0.385. The number of carbonyl (C=O) groups is 1. The molecule has 1 amide bonds. The quantitative estimate of drug-likeness (QED) is 0.699. The molecule has 6 nitrogen and oxygen atoms in total. The number of nitro groups is 1. The van der Waals surface area contributed by atoms with Crippen molar-refractivity contribution in [3.63, 3.8) is 0 Å². The van der Waals surface area contributed by atoms with E-state index in [4.69, 9.17) is 0 Å². The van der Waals surface area contributed by atoms with Gasteiger partial charge in [-0.2, -0.15) is 0 Å². The summed E-state index contributed by atoms with van der Waals surface area (Å²) in [6.07, 6.45) is 3.07. The molecule has 1 unspecified atom stereocenters. The number of benzene rings is 2. The molecule has 1 heterocycles. The van der Waals surface area contributed by atoms with E-state index in [1.807, 2.05) is 11.0 Å². The number of likely N-dealkylation sites (N-methyl/N-ethyl adjacent to an activating group) is 1. The van der Waals surface area contributed by atoms with Crippen LogP contribution in [0.25, 0.3) is 6.08 Å². The average molecular weight is 309 g/mol. The fraction of sp³-hybridized carbons (Fsp3) is 0.118. The van der Waals surface area contributed by atoms with E-state index in [1.165, 1.54) is 6.07 Å². The Bertz CT molecular complexity index is 787. The van der Waals surface area contributed by atoms with Crippen LogP contribution in [0.2, 0.25) is 0 Å². The summed E-state index contributed by atoms with van der Waals surface area (Å²) in [5.74, 6) is -0.194. The molecule has 116 valence electrons. The van der Waals surface area contributed by atoms with Gasteiger partial charge in [0, 0.05) is 18.7 Å². The highest BCUT2D eigenvalue weighted by atomic mass is 16.6. The molecule has 0 radical (unpaired) electrons. The maximum absolute atomic E-state index is 12.3. The van der Waals surface area contributed by atoms with Crippen LogP contribution < -0.4 is 10.2 Å². The number of nitro benzene ring substituents is 1. The van der Waals surface area contributed by atoms with Crippen LogP contribution in [-0.2, 0) is 0 Å². The zero-order valence-corrected chi connectivity index (χ0v) is 12.5. The fourth-order valence-electron chi connectivity index (χ4n) is 2.60. The molecule has 1 atom stereocenters. The minimum Gasteiger partial charge on any atom is -0.350 e. The van der Waals surface area contributed by atoms with Gasteiger partial charge in [0.25, 0.3) is 11.6 Å². The first-order valence-electron chi connectivity index (χ1n) is 7.12. The fourth-order valence-corrected chi connectivity index (χ4v) is 2.60. The number of fused-ring (bicyclic) bond motifs is 1. The SMILES string of the molecule is CN1c2cccc([N+](=O)[O-])c2C=CC1NC(=O)c1ccccc1. The first kappa shape index (κ1) is 14.8. The van der Waals surface area contributed by atoms with Crippen LogP contribution >= 0.6 is 0 Å². The van der Waals surface area contributed by atoms with Gasteiger partial charge in [0.05, 0.1) is 16.2 Å². The van der Waals surface area contributed by atoms with Crippen LogP contribution in [0.5, 0.6) is 0 Å². The zero-order chi connectivity index (χ0) is 16.4. The molecule has 0 saturated carbocycles. The third-order valence-corrected chi connectivity index (χ3v) is 3.81. The summed E-state index contributed by atoms with van der Waals surface area (Å²) in [4.78, 5) is 24.8. The second kappa shape index (κ2) is 5.92. The van der Waals surface area contributed by atoms with Gasteiger partial charge in [0.2, 0.25) is 0 Å². The molecule has 1 N–H and O–H groups in total. The van der Waals surface area contributed by atoms with E-state index in [-0.39, 0.29) is 17.8 Å². The summed E-state index contributed by atoms with van der Waals surface area (Å²) in [5, 5.41) is 14.0. The largest absolute Gasteiger partial charge is 0.350 e. The second-order valence-corrected chi connectivity index (χ2v) is 5.22. The van der Waals surface area contributed by atoms with E-state index in [9.17, 15) is 14.9 Å². The lowest BCUT2D eigenvalue weighted by Gasteiger charge is -2.32. The summed E-state index contributed by atoms with van der Waals surface area (Å²) in [6, 6.07) is 13.8. The van der Waals surface area contributed by atoms with E-state index in [1.54, 1.807) is 55.6 Å².